The minimum atomic E-state index is -4.65. The van der Waals surface area contributed by atoms with Crippen LogP contribution in [0.1, 0.15) is 78.3 Å². The van der Waals surface area contributed by atoms with Gasteiger partial charge in [-0.1, -0.05) is 61.9 Å². The van der Waals surface area contributed by atoms with Crippen LogP contribution in [0.3, 0.4) is 0 Å². The van der Waals surface area contributed by atoms with Crippen LogP contribution >= 0.6 is 0 Å². The maximum absolute atomic E-state index is 13.7. The Morgan fingerprint density at radius 1 is 0.608 bits per heavy atom. The Balaban J connectivity index is 1.30. The number of alkyl halides is 6. The second kappa shape index (κ2) is 14.2. The van der Waals surface area contributed by atoms with Crippen LogP contribution < -0.4 is 20.9 Å². The average molecular weight is 705 g/mol. The molecule has 0 bridgehead atoms. The van der Waals surface area contributed by atoms with Crippen LogP contribution in [0.5, 0.6) is 23.0 Å². The summed E-state index contributed by atoms with van der Waals surface area (Å²) in [6, 6.07) is 29.7. The van der Waals surface area contributed by atoms with Crippen molar-refractivity contribution < 1.29 is 35.8 Å². The number of halogens is 6. The van der Waals surface area contributed by atoms with Gasteiger partial charge in [0.05, 0.1) is 0 Å². The van der Waals surface area contributed by atoms with Gasteiger partial charge in [0.1, 0.15) is 34.1 Å². The van der Waals surface area contributed by atoms with Crippen molar-refractivity contribution in [1.82, 2.24) is 0 Å². The molecule has 0 saturated heterocycles. The fourth-order valence-electron chi connectivity index (χ4n) is 7.09. The molecule has 1 aliphatic carbocycles. The van der Waals surface area contributed by atoms with E-state index in [1.807, 2.05) is 24.3 Å². The molecule has 4 N–H and O–H groups in total. The van der Waals surface area contributed by atoms with Gasteiger partial charge < -0.3 is 20.9 Å². The lowest BCUT2D eigenvalue weighted by atomic mass is 9.62. The largest absolute Gasteiger partial charge is 0.457 e. The van der Waals surface area contributed by atoms with Gasteiger partial charge in [0, 0.05) is 16.8 Å². The van der Waals surface area contributed by atoms with E-state index < -0.39 is 28.9 Å². The number of benzene rings is 5. The lowest BCUT2D eigenvalue weighted by molar-refractivity contribution is -0.139. The average Bonchev–Trinajstić information content (AvgIpc) is 3.10. The van der Waals surface area contributed by atoms with Gasteiger partial charge in [-0.25, -0.2) is 0 Å². The Morgan fingerprint density at radius 3 is 1.43 bits per heavy atom. The number of rotatable bonds is 9. The Hall–Kier alpha value is -5.12. The van der Waals surface area contributed by atoms with Crippen LogP contribution in [-0.2, 0) is 24.2 Å². The van der Waals surface area contributed by atoms with Crippen molar-refractivity contribution in [3.8, 4) is 23.0 Å². The molecule has 1 fully saturated rings. The van der Waals surface area contributed by atoms with Crippen LogP contribution in [0.25, 0.3) is 0 Å². The molecule has 1 saturated carbocycles. The first kappa shape index (κ1) is 35.7. The van der Waals surface area contributed by atoms with Crippen molar-refractivity contribution in [3.63, 3.8) is 0 Å². The van der Waals surface area contributed by atoms with Crippen molar-refractivity contribution in [2.24, 2.45) is 0 Å². The standard InChI is InChI=1S/C41H38F6N2O2/c1-2-3-26-4-6-27(7-5-26)28-20-22-39(23-21-28,29-8-14-33(15-9-29)50-37-18-12-31(48)24-35(37)40(42,43)44)30-10-16-34(17-11-30)51-38-19-13-32(49)25-36(38)41(45,46)47/h4-19,24-25,28H,2-3,20-23,48-49H2,1H3. The molecular formula is C41H38F6N2O2. The van der Waals surface area contributed by atoms with Gasteiger partial charge in [0.2, 0.25) is 0 Å². The quantitative estimate of drug-likeness (QED) is 0.118. The molecule has 0 radical (unpaired) electrons. The Labute approximate surface area is 293 Å². The van der Waals surface area contributed by atoms with Crippen molar-refractivity contribution >= 4 is 11.4 Å². The van der Waals surface area contributed by atoms with Crippen molar-refractivity contribution in [3.05, 3.63) is 143 Å². The maximum atomic E-state index is 13.7. The number of aryl methyl sites for hydroxylation is 1. The number of hydrogen-bond acceptors (Lipinski definition) is 4. The first-order valence-corrected chi connectivity index (χ1v) is 16.8. The first-order valence-electron chi connectivity index (χ1n) is 16.8. The highest BCUT2D eigenvalue weighted by atomic mass is 19.4. The van der Waals surface area contributed by atoms with Crippen molar-refractivity contribution in [1.29, 1.82) is 0 Å². The predicted molar refractivity (Wildman–Crippen MR) is 187 cm³/mol. The van der Waals surface area contributed by atoms with E-state index in [0.717, 1.165) is 61.8 Å². The van der Waals surface area contributed by atoms with Gasteiger partial charge in [-0.05, 0) is 121 Å². The van der Waals surface area contributed by atoms with Gasteiger partial charge in [-0.2, -0.15) is 26.3 Å². The Morgan fingerprint density at radius 2 is 1.04 bits per heavy atom. The molecule has 10 heteroatoms. The number of hydrogen-bond donors (Lipinski definition) is 2. The van der Waals surface area contributed by atoms with Crippen LogP contribution in [-0.4, -0.2) is 0 Å². The molecule has 266 valence electrons. The number of anilines is 2. The smallest absolute Gasteiger partial charge is 0.420 e. The van der Waals surface area contributed by atoms with Gasteiger partial charge in [0.15, 0.2) is 0 Å². The summed E-state index contributed by atoms with van der Waals surface area (Å²) in [6.07, 6.45) is -3.91. The molecule has 6 rings (SSSR count). The summed E-state index contributed by atoms with van der Waals surface area (Å²) in [7, 11) is 0. The predicted octanol–water partition coefficient (Wildman–Crippen LogP) is 12.1. The summed E-state index contributed by atoms with van der Waals surface area (Å²) in [5.74, 6) is 0.108. The summed E-state index contributed by atoms with van der Waals surface area (Å²) < 4.78 is 93.8. The van der Waals surface area contributed by atoms with Crippen molar-refractivity contribution in [2.75, 3.05) is 11.5 Å². The highest BCUT2D eigenvalue weighted by Gasteiger charge is 2.40. The fraction of sp³-hybridized carbons (Fsp3) is 0.268. The molecule has 1 aliphatic rings. The Bertz CT molecular complexity index is 1830. The SMILES string of the molecule is CCCc1ccc(C2CCC(c3ccc(Oc4ccc(N)cc4C(F)(F)F)cc3)(c3ccc(Oc4ccc(N)cc4C(F)(F)F)cc3)CC2)cc1. The van der Waals surface area contributed by atoms with E-state index in [9.17, 15) is 26.3 Å². The molecule has 51 heavy (non-hydrogen) atoms. The third-order valence-corrected chi connectivity index (χ3v) is 9.72. The Kier molecular flexibility index (Phi) is 9.97. The van der Waals surface area contributed by atoms with E-state index in [2.05, 4.69) is 31.2 Å². The second-order valence-corrected chi connectivity index (χ2v) is 13.1. The molecule has 0 amide bonds. The summed E-state index contributed by atoms with van der Waals surface area (Å²) in [5, 5.41) is 0. The van der Waals surface area contributed by atoms with Crippen LogP contribution in [0.15, 0.2) is 109 Å². The summed E-state index contributed by atoms with van der Waals surface area (Å²) >= 11 is 0. The maximum Gasteiger partial charge on any atom is 0.420 e. The number of nitrogens with two attached hydrogens (primary N) is 2. The molecule has 5 aromatic rings. The van der Waals surface area contributed by atoms with E-state index in [4.69, 9.17) is 20.9 Å². The molecule has 0 heterocycles. The van der Waals surface area contributed by atoms with Gasteiger partial charge in [0.25, 0.3) is 0 Å². The monoisotopic (exact) mass is 704 g/mol. The van der Waals surface area contributed by atoms with Crippen LogP contribution in [0.2, 0.25) is 0 Å². The third kappa shape index (κ3) is 7.95. The summed E-state index contributed by atoms with van der Waals surface area (Å²) in [5.41, 5.74) is 13.3. The number of nitrogen functional groups attached to an aromatic ring is 2. The van der Waals surface area contributed by atoms with Gasteiger partial charge in [-0.3, -0.25) is 0 Å². The van der Waals surface area contributed by atoms with E-state index in [1.54, 1.807) is 24.3 Å². The van der Waals surface area contributed by atoms with E-state index in [0.29, 0.717) is 5.92 Å². The topological polar surface area (TPSA) is 70.5 Å². The highest BCUT2D eigenvalue weighted by Crippen LogP contribution is 2.50. The molecular weight excluding hydrogens is 666 g/mol. The normalized spacial score (nSPS) is 15.0. The van der Waals surface area contributed by atoms with Gasteiger partial charge >= 0.3 is 12.4 Å². The van der Waals surface area contributed by atoms with E-state index >= 15 is 0 Å². The van der Waals surface area contributed by atoms with Gasteiger partial charge in [-0.15, -0.1) is 0 Å². The second-order valence-electron chi connectivity index (χ2n) is 13.1. The van der Waals surface area contributed by atoms with Crippen LogP contribution in [0.4, 0.5) is 37.7 Å². The molecule has 5 aromatic carbocycles. The lowest BCUT2D eigenvalue weighted by Gasteiger charge is -2.41. The molecule has 0 spiro atoms. The van der Waals surface area contributed by atoms with E-state index in [-0.39, 0.29) is 34.4 Å². The minimum absolute atomic E-state index is 0.0230. The molecule has 4 nitrogen and oxygen atoms in total. The lowest BCUT2D eigenvalue weighted by Crippen LogP contribution is -2.32. The summed E-state index contributed by atoms with van der Waals surface area (Å²) in [4.78, 5) is 0. The number of ether oxygens (including phenoxy) is 2. The molecule has 0 aromatic heterocycles. The minimum Gasteiger partial charge on any atom is -0.457 e. The van der Waals surface area contributed by atoms with Crippen molar-refractivity contribution in [2.45, 2.75) is 69.1 Å². The van der Waals surface area contributed by atoms with Crippen LogP contribution in [0, 0.1) is 0 Å². The highest BCUT2D eigenvalue weighted by molar-refractivity contribution is 5.53. The summed E-state index contributed by atoms with van der Waals surface area (Å²) in [6.45, 7) is 2.15. The zero-order chi connectivity index (χ0) is 36.4. The third-order valence-electron chi connectivity index (χ3n) is 9.72. The van der Waals surface area contributed by atoms with E-state index in [1.165, 1.54) is 35.4 Å². The fourth-order valence-corrected chi connectivity index (χ4v) is 7.09. The zero-order valence-corrected chi connectivity index (χ0v) is 28.0. The first-order chi connectivity index (χ1) is 24.2. The molecule has 0 unspecified atom stereocenters. The zero-order valence-electron chi connectivity index (χ0n) is 28.0. The molecule has 0 aliphatic heterocycles. The molecule has 0 atom stereocenters.